The van der Waals surface area contributed by atoms with Gasteiger partial charge in [-0.25, -0.2) is 0 Å². The third kappa shape index (κ3) is 3.81. The molecule has 1 atom stereocenters. The van der Waals surface area contributed by atoms with Gasteiger partial charge in [-0.05, 0) is 63.0 Å². The second-order valence-corrected chi connectivity index (χ2v) is 7.40. The zero-order valence-electron chi connectivity index (χ0n) is 11.3. The Hall–Kier alpha value is -0.430. The maximum Gasteiger partial charge on any atom is 0.137 e. The second-order valence-electron chi connectivity index (χ2n) is 4.15. The molecule has 3 nitrogen and oxygen atoms in total. The summed E-state index contributed by atoms with van der Waals surface area (Å²) in [6, 6.07) is 4.31. The zero-order valence-corrected chi connectivity index (χ0v) is 15.3. The SMILES string of the molecule is CCNC(c1cncc(OCC)c1)c1cc(Br)c(Br)s1. The van der Waals surface area contributed by atoms with Crippen LogP contribution in [-0.2, 0) is 0 Å². The highest BCUT2D eigenvalue weighted by Gasteiger charge is 2.18. The van der Waals surface area contributed by atoms with E-state index >= 15 is 0 Å². The third-order valence-electron chi connectivity index (χ3n) is 2.74. The molecule has 108 valence electrons. The van der Waals surface area contributed by atoms with Crippen LogP contribution in [0.25, 0.3) is 0 Å². The number of nitrogens with one attached hydrogen (secondary N) is 1. The highest BCUT2D eigenvalue weighted by molar-refractivity contribution is 9.13. The summed E-state index contributed by atoms with van der Waals surface area (Å²) in [5.74, 6) is 0.808. The van der Waals surface area contributed by atoms with Gasteiger partial charge in [-0.2, -0.15) is 0 Å². The van der Waals surface area contributed by atoms with Crippen LogP contribution >= 0.6 is 43.2 Å². The number of aromatic nitrogens is 1. The molecule has 0 aliphatic heterocycles. The molecule has 2 aromatic heterocycles. The van der Waals surface area contributed by atoms with Crippen molar-refractivity contribution >= 4 is 43.2 Å². The smallest absolute Gasteiger partial charge is 0.137 e. The van der Waals surface area contributed by atoms with Gasteiger partial charge in [0.25, 0.3) is 0 Å². The monoisotopic (exact) mass is 418 g/mol. The Kier molecular flexibility index (Phi) is 6.01. The van der Waals surface area contributed by atoms with E-state index in [-0.39, 0.29) is 6.04 Å². The molecule has 20 heavy (non-hydrogen) atoms. The molecule has 0 bridgehead atoms. The zero-order chi connectivity index (χ0) is 14.5. The third-order valence-corrected chi connectivity index (χ3v) is 6.06. The average Bonchev–Trinajstić information content (AvgIpc) is 2.76. The summed E-state index contributed by atoms with van der Waals surface area (Å²) in [6.07, 6.45) is 3.63. The molecule has 0 radical (unpaired) electrons. The standard InChI is InChI=1S/C14H16Br2N2OS/c1-3-18-13(12-6-11(15)14(16)20-12)9-5-10(19-4-2)8-17-7-9/h5-8,13,18H,3-4H2,1-2H3. The Labute approximate surface area is 140 Å². The molecule has 1 N–H and O–H groups in total. The van der Waals surface area contributed by atoms with Gasteiger partial charge in [0.2, 0.25) is 0 Å². The number of nitrogens with zero attached hydrogens (tertiary/aromatic N) is 1. The predicted octanol–water partition coefficient (Wildman–Crippen LogP) is 4.77. The molecule has 0 aliphatic carbocycles. The summed E-state index contributed by atoms with van der Waals surface area (Å²) in [5, 5.41) is 3.50. The summed E-state index contributed by atoms with van der Waals surface area (Å²) < 4.78 is 7.71. The fraction of sp³-hybridized carbons (Fsp3) is 0.357. The number of ether oxygens (including phenoxy) is 1. The number of hydrogen-bond donors (Lipinski definition) is 1. The first-order chi connectivity index (χ1) is 9.65. The van der Waals surface area contributed by atoms with E-state index < -0.39 is 0 Å². The molecule has 1 unspecified atom stereocenters. The van der Waals surface area contributed by atoms with Gasteiger partial charge in [0.05, 0.1) is 22.6 Å². The van der Waals surface area contributed by atoms with Crippen molar-refractivity contribution in [2.45, 2.75) is 19.9 Å². The van der Waals surface area contributed by atoms with Crippen LogP contribution in [0.3, 0.4) is 0 Å². The van der Waals surface area contributed by atoms with Crippen LogP contribution in [0.4, 0.5) is 0 Å². The summed E-state index contributed by atoms with van der Waals surface area (Å²) in [7, 11) is 0. The molecule has 0 aromatic carbocycles. The molecule has 2 heterocycles. The number of thiophene rings is 1. The van der Waals surface area contributed by atoms with E-state index in [1.807, 2.05) is 19.2 Å². The van der Waals surface area contributed by atoms with E-state index in [4.69, 9.17) is 4.74 Å². The Morgan fingerprint density at radius 3 is 2.70 bits per heavy atom. The van der Waals surface area contributed by atoms with Gasteiger partial charge in [-0.1, -0.05) is 6.92 Å². The van der Waals surface area contributed by atoms with Crippen LogP contribution in [0.2, 0.25) is 0 Å². The van der Waals surface area contributed by atoms with Gasteiger partial charge in [0, 0.05) is 15.5 Å². The lowest BCUT2D eigenvalue weighted by Crippen LogP contribution is -2.21. The van der Waals surface area contributed by atoms with Crippen molar-refractivity contribution in [2.75, 3.05) is 13.2 Å². The van der Waals surface area contributed by atoms with Crippen LogP contribution in [-0.4, -0.2) is 18.1 Å². The first kappa shape index (κ1) is 15.9. The molecule has 0 saturated carbocycles. The summed E-state index contributed by atoms with van der Waals surface area (Å²) >= 11 is 8.81. The van der Waals surface area contributed by atoms with Gasteiger partial charge >= 0.3 is 0 Å². The lowest BCUT2D eigenvalue weighted by molar-refractivity contribution is 0.338. The number of rotatable bonds is 6. The first-order valence-corrected chi connectivity index (χ1v) is 8.81. The minimum Gasteiger partial charge on any atom is -0.492 e. The summed E-state index contributed by atoms with van der Waals surface area (Å²) in [6.45, 7) is 5.61. The van der Waals surface area contributed by atoms with Crippen molar-refractivity contribution in [3.8, 4) is 5.75 Å². The van der Waals surface area contributed by atoms with Crippen LogP contribution in [0.15, 0.2) is 32.8 Å². The normalized spacial score (nSPS) is 12.4. The lowest BCUT2D eigenvalue weighted by atomic mass is 10.1. The fourth-order valence-electron chi connectivity index (χ4n) is 1.93. The highest BCUT2D eigenvalue weighted by atomic mass is 79.9. The van der Waals surface area contributed by atoms with Crippen molar-refractivity contribution in [3.63, 3.8) is 0 Å². The van der Waals surface area contributed by atoms with Gasteiger partial charge in [-0.15, -0.1) is 11.3 Å². The maximum absolute atomic E-state index is 5.53. The van der Waals surface area contributed by atoms with E-state index in [0.29, 0.717) is 6.61 Å². The Morgan fingerprint density at radius 1 is 1.30 bits per heavy atom. The quantitative estimate of drug-likeness (QED) is 0.732. The van der Waals surface area contributed by atoms with Gasteiger partial charge in [0.1, 0.15) is 5.75 Å². The fourth-order valence-corrected chi connectivity index (χ4v) is 4.13. The van der Waals surface area contributed by atoms with Crippen LogP contribution in [0.5, 0.6) is 5.75 Å². The van der Waals surface area contributed by atoms with Gasteiger partial charge < -0.3 is 10.1 Å². The molecule has 0 fully saturated rings. The van der Waals surface area contributed by atoms with E-state index in [0.717, 1.165) is 26.1 Å². The number of halogens is 2. The molecular weight excluding hydrogens is 404 g/mol. The van der Waals surface area contributed by atoms with E-state index in [2.05, 4.69) is 55.2 Å². The number of pyridine rings is 1. The molecule has 0 amide bonds. The second kappa shape index (κ2) is 7.54. The first-order valence-electron chi connectivity index (χ1n) is 6.41. The van der Waals surface area contributed by atoms with E-state index in [1.165, 1.54) is 4.88 Å². The van der Waals surface area contributed by atoms with Crippen molar-refractivity contribution < 1.29 is 4.74 Å². The Balaban J connectivity index is 2.34. The molecule has 2 rings (SSSR count). The molecule has 0 spiro atoms. The largest absolute Gasteiger partial charge is 0.492 e. The molecule has 6 heteroatoms. The maximum atomic E-state index is 5.53. The van der Waals surface area contributed by atoms with Crippen molar-refractivity contribution in [3.05, 3.63) is 43.2 Å². The molecule has 0 aliphatic rings. The van der Waals surface area contributed by atoms with Gasteiger partial charge in [0.15, 0.2) is 0 Å². The molecule has 0 saturated heterocycles. The highest BCUT2D eigenvalue weighted by Crippen LogP contribution is 2.37. The van der Waals surface area contributed by atoms with Crippen molar-refractivity contribution in [1.82, 2.24) is 10.3 Å². The minimum atomic E-state index is 0.125. The summed E-state index contributed by atoms with van der Waals surface area (Å²) in [5.41, 5.74) is 1.11. The van der Waals surface area contributed by atoms with E-state index in [1.54, 1.807) is 17.5 Å². The molecular formula is C14H16Br2N2OS. The number of hydrogen-bond acceptors (Lipinski definition) is 4. The lowest BCUT2D eigenvalue weighted by Gasteiger charge is -2.17. The van der Waals surface area contributed by atoms with Crippen molar-refractivity contribution in [1.29, 1.82) is 0 Å². The summed E-state index contributed by atoms with van der Waals surface area (Å²) in [4.78, 5) is 5.51. The minimum absolute atomic E-state index is 0.125. The van der Waals surface area contributed by atoms with Crippen LogP contribution in [0, 0.1) is 0 Å². The Morgan fingerprint density at radius 2 is 2.10 bits per heavy atom. The van der Waals surface area contributed by atoms with Crippen LogP contribution < -0.4 is 10.1 Å². The Bertz CT molecular complexity index is 555. The molecule has 2 aromatic rings. The van der Waals surface area contributed by atoms with Gasteiger partial charge in [-0.3, -0.25) is 4.98 Å². The topological polar surface area (TPSA) is 34.2 Å². The van der Waals surface area contributed by atoms with E-state index in [9.17, 15) is 0 Å². The van der Waals surface area contributed by atoms with Crippen molar-refractivity contribution in [2.24, 2.45) is 0 Å². The average molecular weight is 420 g/mol. The van der Waals surface area contributed by atoms with Crippen LogP contribution in [0.1, 0.15) is 30.3 Å². The predicted molar refractivity (Wildman–Crippen MR) is 90.6 cm³/mol.